The van der Waals surface area contributed by atoms with Crippen LogP contribution in [0.15, 0.2) is 23.3 Å². The minimum Gasteiger partial charge on any atom is -0.504 e. The zero-order valence-electron chi connectivity index (χ0n) is 11.6. The molecule has 0 saturated carbocycles. The molecule has 2 rings (SSSR count). The van der Waals surface area contributed by atoms with Crippen LogP contribution in [0.25, 0.3) is 0 Å². The Labute approximate surface area is 122 Å². The second-order valence-electron chi connectivity index (χ2n) is 4.62. The van der Waals surface area contributed by atoms with Gasteiger partial charge in [0, 0.05) is 12.8 Å². The molecule has 0 spiro atoms. The molecule has 112 valence electrons. The number of phenolic OH excluding ortho intramolecular Hbond substituents is 1. The van der Waals surface area contributed by atoms with Gasteiger partial charge in [-0.15, -0.1) is 0 Å². The Morgan fingerprint density at radius 2 is 2.33 bits per heavy atom. The van der Waals surface area contributed by atoms with E-state index in [9.17, 15) is 14.7 Å². The summed E-state index contributed by atoms with van der Waals surface area (Å²) in [5.41, 5.74) is 2.52. The molecule has 1 unspecified atom stereocenters. The first-order valence-corrected chi connectivity index (χ1v) is 6.60. The van der Waals surface area contributed by atoms with E-state index in [1.807, 2.05) is 0 Å². The minimum atomic E-state index is -0.379. The Morgan fingerprint density at radius 3 is 3.00 bits per heavy atom. The number of ether oxygens (including phenoxy) is 1. The number of benzene rings is 1. The van der Waals surface area contributed by atoms with Gasteiger partial charge in [0.25, 0.3) is 5.91 Å². The van der Waals surface area contributed by atoms with Crippen LogP contribution in [0, 0.1) is 5.92 Å². The number of nitrogens with one attached hydrogen (secondary N) is 2. The number of carbonyl (C=O) groups excluding carboxylic acids is 2. The molecule has 3 N–H and O–H groups in total. The number of aromatic hydroxyl groups is 1. The van der Waals surface area contributed by atoms with Crippen LogP contribution in [0.4, 0.5) is 0 Å². The van der Waals surface area contributed by atoms with Gasteiger partial charge in [-0.25, -0.2) is 5.43 Å². The summed E-state index contributed by atoms with van der Waals surface area (Å²) in [6.07, 6.45) is 2.82. The van der Waals surface area contributed by atoms with Crippen molar-refractivity contribution in [1.29, 1.82) is 0 Å². The summed E-state index contributed by atoms with van der Waals surface area (Å²) >= 11 is 0. The van der Waals surface area contributed by atoms with Gasteiger partial charge in [0.1, 0.15) is 0 Å². The number of phenols is 1. The molecule has 2 amide bonds. The van der Waals surface area contributed by atoms with Gasteiger partial charge in [-0.05, 0) is 25.0 Å². The predicted molar refractivity (Wildman–Crippen MR) is 76.4 cm³/mol. The maximum atomic E-state index is 12.0. The van der Waals surface area contributed by atoms with Crippen molar-refractivity contribution in [3.63, 3.8) is 0 Å². The smallest absolute Gasteiger partial charge is 0.255 e. The molecule has 1 aliphatic rings. The van der Waals surface area contributed by atoms with Crippen LogP contribution >= 0.6 is 0 Å². The Kier molecular flexibility index (Phi) is 4.76. The fourth-order valence-electron chi connectivity index (χ4n) is 2.04. The van der Waals surface area contributed by atoms with E-state index in [2.05, 4.69) is 15.8 Å². The number of hydrazone groups is 1. The van der Waals surface area contributed by atoms with E-state index in [1.54, 1.807) is 18.3 Å². The first-order valence-electron chi connectivity index (χ1n) is 6.60. The quantitative estimate of drug-likeness (QED) is 0.670. The Morgan fingerprint density at radius 1 is 1.52 bits per heavy atom. The standard InChI is InChI=1S/C14H17N3O4/c1-21-11-6-2-5-10(12(11)18)14(20)15-7-3-4-9-8-16-17-13(9)19/h2,5-6,8-9,18H,3-4,7H2,1H3,(H,15,20)(H,17,19). The van der Waals surface area contributed by atoms with E-state index in [-0.39, 0.29) is 34.8 Å². The van der Waals surface area contributed by atoms with Crippen molar-refractivity contribution in [2.24, 2.45) is 11.0 Å². The van der Waals surface area contributed by atoms with Crippen molar-refractivity contribution in [3.8, 4) is 11.5 Å². The Bertz CT molecular complexity index is 571. The average Bonchev–Trinajstić information content (AvgIpc) is 2.89. The van der Waals surface area contributed by atoms with Crippen LogP contribution < -0.4 is 15.5 Å². The molecule has 0 saturated heterocycles. The summed E-state index contributed by atoms with van der Waals surface area (Å²) in [5, 5.41) is 16.2. The van der Waals surface area contributed by atoms with Crippen LogP contribution in [-0.4, -0.2) is 36.8 Å². The van der Waals surface area contributed by atoms with Gasteiger partial charge in [-0.1, -0.05) is 6.07 Å². The number of methoxy groups -OCH3 is 1. The number of carbonyl (C=O) groups is 2. The first-order chi connectivity index (χ1) is 10.1. The number of para-hydroxylation sites is 1. The third-order valence-electron chi connectivity index (χ3n) is 3.21. The summed E-state index contributed by atoms with van der Waals surface area (Å²) < 4.78 is 4.95. The van der Waals surface area contributed by atoms with Gasteiger partial charge in [-0.2, -0.15) is 5.10 Å². The highest BCUT2D eigenvalue weighted by Crippen LogP contribution is 2.29. The molecule has 7 heteroatoms. The molecule has 0 fully saturated rings. The maximum absolute atomic E-state index is 12.0. The van der Waals surface area contributed by atoms with Crippen molar-refractivity contribution in [2.75, 3.05) is 13.7 Å². The van der Waals surface area contributed by atoms with E-state index in [0.717, 1.165) is 0 Å². The molecule has 0 aliphatic carbocycles. The van der Waals surface area contributed by atoms with Crippen molar-refractivity contribution >= 4 is 18.0 Å². The SMILES string of the molecule is COc1cccc(C(=O)NCCCC2C=NNC2=O)c1O. The van der Waals surface area contributed by atoms with Crippen LogP contribution in [0.1, 0.15) is 23.2 Å². The molecule has 0 bridgehead atoms. The van der Waals surface area contributed by atoms with Gasteiger partial charge in [0.15, 0.2) is 11.5 Å². The molecule has 21 heavy (non-hydrogen) atoms. The topological polar surface area (TPSA) is 100 Å². The summed E-state index contributed by atoms with van der Waals surface area (Å²) in [7, 11) is 1.42. The molecule has 7 nitrogen and oxygen atoms in total. The average molecular weight is 291 g/mol. The van der Waals surface area contributed by atoms with Crippen LogP contribution in [0.3, 0.4) is 0 Å². The lowest BCUT2D eigenvalue weighted by Crippen LogP contribution is -2.26. The van der Waals surface area contributed by atoms with E-state index in [0.29, 0.717) is 19.4 Å². The van der Waals surface area contributed by atoms with Gasteiger partial charge in [0.2, 0.25) is 5.91 Å². The molecule has 1 aromatic rings. The Balaban J connectivity index is 1.82. The van der Waals surface area contributed by atoms with Gasteiger partial charge in [0.05, 0.1) is 18.6 Å². The predicted octanol–water partition coefficient (Wildman–Crippen LogP) is 0.643. The summed E-state index contributed by atoms with van der Waals surface area (Å²) in [5.74, 6) is -0.656. The molecular formula is C14H17N3O4. The molecule has 1 aromatic carbocycles. The number of hydrogen-bond acceptors (Lipinski definition) is 5. The first kappa shape index (κ1) is 14.8. The van der Waals surface area contributed by atoms with E-state index < -0.39 is 0 Å². The van der Waals surface area contributed by atoms with E-state index in [4.69, 9.17) is 4.74 Å². The fraction of sp³-hybridized carbons (Fsp3) is 0.357. The van der Waals surface area contributed by atoms with Crippen molar-refractivity contribution < 1.29 is 19.4 Å². The number of amides is 2. The van der Waals surface area contributed by atoms with Crippen LogP contribution in [0.2, 0.25) is 0 Å². The summed E-state index contributed by atoms with van der Waals surface area (Å²) in [4.78, 5) is 23.2. The fourth-order valence-corrected chi connectivity index (χ4v) is 2.04. The van der Waals surface area contributed by atoms with Gasteiger partial charge >= 0.3 is 0 Å². The summed E-state index contributed by atoms with van der Waals surface area (Å²) in [6.45, 7) is 0.410. The lowest BCUT2D eigenvalue weighted by molar-refractivity contribution is -0.122. The normalized spacial score (nSPS) is 16.6. The van der Waals surface area contributed by atoms with Gasteiger partial charge < -0.3 is 15.2 Å². The molecule has 0 radical (unpaired) electrons. The lowest BCUT2D eigenvalue weighted by atomic mass is 10.1. The van der Waals surface area contributed by atoms with E-state index in [1.165, 1.54) is 13.2 Å². The number of rotatable bonds is 6. The number of hydrogen-bond donors (Lipinski definition) is 3. The highest BCUT2D eigenvalue weighted by atomic mass is 16.5. The zero-order valence-corrected chi connectivity index (χ0v) is 11.6. The summed E-state index contributed by atoms with van der Waals surface area (Å²) in [6, 6.07) is 4.72. The molecule has 0 aromatic heterocycles. The molecule has 1 aliphatic heterocycles. The second-order valence-corrected chi connectivity index (χ2v) is 4.62. The zero-order chi connectivity index (χ0) is 15.2. The monoisotopic (exact) mass is 291 g/mol. The Hall–Kier alpha value is -2.57. The lowest BCUT2D eigenvalue weighted by Gasteiger charge is -2.10. The molecule has 1 atom stereocenters. The van der Waals surface area contributed by atoms with Crippen LogP contribution in [0.5, 0.6) is 11.5 Å². The molecule has 1 heterocycles. The van der Waals surface area contributed by atoms with Crippen molar-refractivity contribution in [3.05, 3.63) is 23.8 Å². The maximum Gasteiger partial charge on any atom is 0.255 e. The highest BCUT2D eigenvalue weighted by molar-refractivity contribution is 5.98. The van der Waals surface area contributed by atoms with Crippen LogP contribution in [-0.2, 0) is 4.79 Å². The van der Waals surface area contributed by atoms with E-state index >= 15 is 0 Å². The molecular weight excluding hydrogens is 274 g/mol. The third-order valence-corrected chi connectivity index (χ3v) is 3.21. The van der Waals surface area contributed by atoms with Crippen molar-refractivity contribution in [1.82, 2.24) is 10.7 Å². The second kappa shape index (κ2) is 6.74. The highest BCUT2D eigenvalue weighted by Gasteiger charge is 2.20. The third kappa shape index (κ3) is 3.50. The van der Waals surface area contributed by atoms with Crippen molar-refractivity contribution in [2.45, 2.75) is 12.8 Å². The number of nitrogens with zero attached hydrogens (tertiary/aromatic N) is 1. The largest absolute Gasteiger partial charge is 0.504 e. The minimum absolute atomic E-state index is 0.119. The van der Waals surface area contributed by atoms with Gasteiger partial charge in [-0.3, -0.25) is 9.59 Å².